The zero-order valence-electron chi connectivity index (χ0n) is 15.8. The Hall–Kier alpha value is -3.48. The molecule has 7 nitrogen and oxygen atoms in total. The molecule has 0 bridgehead atoms. The monoisotopic (exact) mass is 378 g/mol. The molecule has 0 aliphatic rings. The van der Waals surface area contributed by atoms with Crippen molar-refractivity contribution in [3.63, 3.8) is 0 Å². The number of nitro groups is 1. The van der Waals surface area contributed by atoms with Gasteiger partial charge in [0, 0.05) is 19.2 Å². The summed E-state index contributed by atoms with van der Waals surface area (Å²) in [6, 6.07) is 11.0. The number of carbonyl (C=O) groups is 1. The summed E-state index contributed by atoms with van der Waals surface area (Å²) in [6.45, 7) is 5.47. The van der Waals surface area contributed by atoms with Gasteiger partial charge in [0.1, 0.15) is 0 Å². The van der Waals surface area contributed by atoms with Gasteiger partial charge in [-0.25, -0.2) is 0 Å². The van der Waals surface area contributed by atoms with Gasteiger partial charge in [-0.15, -0.1) is 0 Å². The molecule has 0 fully saturated rings. The van der Waals surface area contributed by atoms with E-state index >= 15 is 0 Å². The normalized spacial score (nSPS) is 12.1. The van der Waals surface area contributed by atoms with Crippen LogP contribution in [-0.4, -0.2) is 15.8 Å². The predicted molar refractivity (Wildman–Crippen MR) is 104 cm³/mol. The SMILES string of the molecule is CC(=O)N[C@@H](c1ccc(C(C)C)cc1)c1cc([N+](=O)[O-])c2cccnc2c1[O-]. The van der Waals surface area contributed by atoms with Gasteiger partial charge in [0.05, 0.1) is 21.9 Å². The molecule has 1 amide bonds. The van der Waals surface area contributed by atoms with Gasteiger partial charge in [-0.1, -0.05) is 43.9 Å². The third-order valence-electron chi connectivity index (χ3n) is 4.64. The molecule has 2 aromatic carbocycles. The second-order valence-electron chi connectivity index (χ2n) is 6.93. The number of carbonyl (C=O) groups excluding carboxylic acids is 1. The highest BCUT2D eigenvalue weighted by atomic mass is 16.6. The largest absolute Gasteiger partial charge is 0.871 e. The number of pyridine rings is 1. The molecule has 1 N–H and O–H groups in total. The van der Waals surface area contributed by atoms with E-state index in [1.54, 1.807) is 6.07 Å². The number of aromatic nitrogens is 1. The first kappa shape index (κ1) is 19.3. The summed E-state index contributed by atoms with van der Waals surface area (Å²) in [5.41, 5.74) is 1.69. The van der Waals surface area contributed by atoms with Gasteiger partial charge >= 0.3 is 0 Å². The molecule has 3 rings (SSSR count). The smallest absolute Gasteiger partial charge is 0.279 e. The van der Waals surface area contributed by atoms with Crippen molar-refractivity contribution in [2.75, 3.05) is 0 Å². The fourth-order valence-electron chi connectivity index (χ4n) is 3.20. The van der Waals surface area contributed by atoms with E-state index in [9.17, 15) is 20.0 Å². The lowest BCUT2D eigenvalue weighted by Gasteiger charge is -2.25. The molecule has 0 aliphatic heterocycles. The van der Waals surface area contributed by atoms with E-state index in [1.807, 2.05) is 24.3 Å². The highest BCUT2D eigenvalue weighted by molar-refractivity contribution is 5.93. The van der Waals surface area contributed by atoms with E-state index in [0.717, 1.165) is 5.56 Å². The lowest BCUT2D eigenvalue weighted by Crippen LogP contribution is -2.28. The molecule has 7 heteroatoms. The molecule has 1 heterocycles. The number of nitro benzene ring substituents is 1. The van der Waals surface area contributed by atoms with Crippen LogP contribution in [0.1, 0.15) is 49.4 Å². The number of benzene rings is 2. The van der Waals surface area contributed by atoms with E-state index < -0.39 is 16.7 Å². The molecule has 144 valence electrons. The van der Waals surface area contributed by atoms with Gasteiger partial charge < -0.3 is 10.4 Å². The van der Waals surface area contributed by atoms with Crippen LogP contribution >= 0.6 is 0 Å². The van der Waals surface area contributed by atoms with E-state index in [-0.39, 0.29) is 28.1 Å². The molecule has 0 aliphatic carbocycles. The Morgan fingerprint density at radius 1 is 1.14 bits per heavy atom. The Labute approximate surface area is 162 Å². The molecule has 0 unspecified atom stereocenters. The lowest BCUT2D eigenvalue weighted by atomic mass is 9.93. The molecular weight excluding hydrogens is 358 g/mol. The average molecular weight is 378 g/mol. The number of rotatable bonds is 5. The topological polar surface area (TPSA) is 108 Å². The summed E-state index contributed by atoms with van der Waals surface area (Å²) in [7, 11) is 0. The maximum atomic E-state index is 13.0. The summed E-state index contributed by atoms with van der Waals surface area (Å²) in [5, 5.41) is 27.5. The maximum Gasteiger partial charge on any atom is 0.279 e. The van der Waals surface area contributed by atoms with Crippen LogP contribution in [0.25, 0.3) is 10.9 Å². The summed E-state index contributed by atoms with van der Waals surface area (Å²) in [6.07, 6.45) is 1.42. The number of hydrogen-bond donors (Lipinski definition) is 1. The minimum atomic E-state index is -0.809. The summed E-state index contributed by atoms with van der Waals surface area (Å²) in [4.78, 5) is 26.9. The molecule has 1 aromatic heterocycles. The fraction of sp³-hybridized carbons (Fsp3) is 0.238. The summed E-state index contributed by atoms with van der Waals surface area (Å²) in [5.74, 6) is -0.455. The van der Waals surface area contributed by atoms with Crippen molar-refractivity contribution in [1.29, 1.82) is 0 Å². The van der Waals surface area contributed by atoms with Gasteiger partial charge in [-0.2, -0.15) is 0 Å². The van der Waals surface area contributed by atoms with Crippen molar-refractivity contribution in [1.82, 2.24) is 10.3 Å². The number of amides is 1. The minimum absolute atomic E-state index is 0.0147. The Balaban J connectivity index is 2.23. The van der Waals surface area contributed by atoms with Crippen LogP contribution in [0.5, 0.6) is 5.75 Å². The van der Waals surface area contributed by atoms with Crippen molar-refractivity contribution < 1.29 is 14.8 Å². The van der Waals surface area contributed by atoms with Crippen molar-refractivity contribution in [2.45, 2.75) is 32.7 Å². The van der Waals surface area contributed by atoms with Crippen LogP contribution in [0.2, 0.25) is 0 Å². The third kappa shape index (κ3) is 3.64. The van der Waals surface area contributed by atoms with Crippen LogP contribution in [0.3, 0.4) is 0 Å². The third-order valence-corrected chi connectivity index (χ3v) is 4.64. The Morgan fingerprint density at radius 2 is 1.79 bits per heavy atom. The van der Waals surface area contributed by atoms with Crippen LogP contribution in [-0.2, 0) is 4.79 Å². The molecule has 0 saturated heterocycles. The van der Waals surface area contributed by atoms with E-state index in [0.29, 0.717) is 11.5 Å². The van der Waals surface area contributed by atoms with Crippen molar-refractivity contribution in [3.8, 4) is 5.75 Å². The van der Waals surface area contributed by atoms with Gasteiger partial charge in [-0.05, 0) is 34.7 Å². The molecule has 0 spiro atoms. The first-order valence-electron chi connectivity index (χ1n) is 8.89. The van der Waals surface area contributed by atoms with Crippen LogP contribution in [0.4, 0.5) is 5.69 Å². The maximum absolute atomic E-state index is 13.0. The van der Waals surface area contributed by atoms with E-state index in [1.165, 1.54) is 25.3 Å². The van der Waals surface area contributed by atoms with Crippen molar-refractivity contribution in [2.24, 2.45) is 0 Å². The second-order valence-corrected chi connectivity index (χ2v) is 6.93. The number of hydrogen-bond acceptors (Lipinski definition) is 5. The number of nitrogens with zero attached hydrogens (tertiary/aromatic N) is 2. The van der Waals surface area contributed by atoms with E-state index in [2.05, 4.69) is 24.1 Å². The molecular formula is C21H20N3O4-. The van der Waals surface area contributed by atoms with E-state index in [4.69, 9.17) is 0 Å². The first-order valence-corrected chi connectivity index (χ1v) is 8.89. The van der Waals surface area contributed by atoms with Crippen LogP contribution in [0, 0.1) is 10.1 Å². The quantitative estimate of drug-likeness (QED) is 0.539. The number of fused-ring (bicyclic) bond motifs is 1. The number of nitrogens with one attached hydrogen (secondary N) is 1. The molecule has 28 heavy (non-hydrogen) atoms. The Morgan fingerprint density at radius 3 is 2.36 bits per heavy atom. The average Bonchev–Trinajstić information content (AvgIpc) is 2.66. The minimum Gasteiger partial charge on any atom is -0.871 e. The van der Waals surface area contributed by atoms with Crippen LogP contribution < -0.4 is 10.4 Å². The lowest BCUT2D eigenvalue weighted by molar-refractivity contribution is -0.383. The predicted octanol–water partition coefficient (Wildman–Crippen LogP) is 3.57. The van der Waals surface area contributed by atoms with Crippen molar-refractivity contribution >= 4 is 22.5 Å². The van der Waals surface area contributed by atoms with Gasteiger partial charge in [0.25, 0.3) is 5.69 Å². The van der Waals surface area contributed by atoms with Gasteiger partial charge in [0.15, 0.2) is 0 Å². The highest BCUT2D eigenvalue weighted by Crippen LogP contribution is 2.38. The van der Waals surface area contributed by atoms with Crippen LogP contribution in [0.15, 0.2) is 48.7 Å². The van der Waals surface area contributed by atoms with Gasteiger partial charge in [-0.3, -0.25) is 19.9 Å². The van der Waals surface area contributed by atoms with Gasteiger partial charge in [0.2, 0.25) is 5.91 Å². The standard InChI is InChI=1S/C21H21N3O4/c1-12(2)14-6-8-15(9-7-14)19(23-13(3)25)17-11-18(24(27)28)16-5-4-10-22-20(16)21(17)26/h4-12,19,26H,1-3H3,(H,23,25)/p-1/t19-/m0/s1. The Kier molecular flexibility index (Phi) is 5.26. The first-order chi connectivity index (χ1) is 13.3. The molecule has 3 aromatic rings. The molecule has 1 atom stereocenters. The zero-order valence-corrected chi connectivity index (χ0v) is 15.8. The molecule has 0 radical (unpaired) electrons. The fourth-order valence-corrected chi connectivity index (χ4v) is 3.20. The number of non-ortho nitro benzene ring substituents is 1. The Bertz CT molecular complexity index is 1050. The zero-order chi connectivity index (χ0) is 20.4. The second kappa shape index (κ2) is 7.64. The van der Waals surface area contributed by atoms with Crippen molar-refractivity contribution in [3.05, 3.63) is 75.5 Å². The summed E-state index contributed by atoms with van der Waals surface area (Å²) < 4.78 is 0. The summed E-state index contributed by atoms with van der Waals surface area (Å²) >= 11 is 0. The highest BCUT2D eigenvalue weighted by Gasteiger charge is 2.23. The molecule has 0 saturated carbocycles.